The fourth-order valence-corrected chi connectivity index (χ4v) is 4.85. The number of hydrogen-bond donors (Lipinski definition) is 1. The molecule has 0 amide bonds. The summed E-state index contributed by atoms with van der Waals surface area (Å²) in [6.45, 7) is 12.3. The number of pyridine rings is 1. The van der Waals surface area contributed by atoms with Gasteiger partial charge in [-0.15, -0.1) is 0 Å². The second-order valence-corrected chi connectivity index (χ2v) is 9.46. The molecule has 0 saturated carbocycles. The van der Waals surface area contributed by atoms with Crippen LogP contribution in [-0.4, -0.2) is 49.2 Å². The number of aromatic nitrogens is 5. The summed E-state index contributed by atoms with van der Waals surface area (Å²) in [5, 5.41) is 8.29. The number of piperidine rings is 1. The molecule has 1 fully saturated rings. The van der Waals surface area contributed by atoms with Gasteiger partial charge in [-0.1, -0.05) is 13.8 Å². The summed E-state index contributed by atoms with van der Waals surface area (Å²) < 4.78 is 3.48. The van der Waals surface area contributed by atoms with E-state index in [-0.39, 0.29) is 5.56 Å². The van der Waals surface area contributed by atoms with E-state index in [1.807, 2.05) is 43.7 Å². The van der Waals surface area contributed by atoms with Crippen LogP contribution in [0.5, 0.6) is 0 Å². The van der Waals surface area contributed by atoms with Crippen molar-refractivity contribution < 1.29 is 0 Å². The Kier molecular flexibility index (Phi) is 5.40. The van der Waals surface area contributed by atoms with Crippen molar-refractivity contribution in [1.82, 2.24) is 29.3 Å². The molecule has 5 rings (SSSR count). The van der Waals surface area contributed by atoms with Gasteiger partial charge in [0.1, 0.15) is 11.3 Å². The van der Waals surface area contributed by atoms with Crippen LogP contribution in [0.2, 0.25) is 0 Å². The number of rotatable bonds is 4. The Morgan fingerprint density at radius 3 is 2.48 bits per heavy atom. The first-order chi connectivity index (χ1) is 15.8. The summed E-state index contributed by atoms with van der Waals surface area (Å²) in [5.74, 6) is 0. The predicted molar refractivity (Wildman–Crippen MR) is 131 cm³/mol. The van der Waals surface area contributed by atoms with Gasteiger partial charge in [-0.3, -0.25) is 14.2 Å². The molecule has 5 heterocycles. The predicted octanol–water partition coefficient (Wildman–Crippen LogP) is 3.30. The highest BCUT2D eigenvalue weighted by Crippen LogP contribution is 2.24. The molecule has 1 aliphatic heterocycles. The molecular weight excluding hydrogens is 414 g/mol. The molecule has 0 radical (unpaired) electrons. The molecular formula is C25H31N7O. The van der Waals surface area contributed by atoms with Gasteiger partial charge in [-0.25, -0.2) is 9.50 Å². The Bertz CT molecular complexity index is 1390. The highest BCUT2D eigenvalue weighted by Gasteiger charge is 2.21. The van der Waals surface area contributed by atoms with Crippen molar-refractivity contribution in [1.29, 1.82) is 0 Å². The van der Waals surface area contributed by atoms with Gasteiger partial charge in [0.25, 0.3) is 5.56 Å². The average molecular weight is 446 g/mol. The van der Waals surface area contributed by atoms with E-state index in [0.29, 0.717) is 29.1 Å². The minimum absolute atomic E-state index is 0.0978. The maximum Gasteiger partial charge on any atom is 0.258 e. The van der Waals surface area contributed by atoms with Gasteiger partial charge in [0.2, 0.25) is 0 Å². The molecule has 8 nitrogen and oxygen atoms in total. The Morgan fingerprint density at radius 2 is 1.76 bits per heavy atom. The van der Waals surface area contributed by atoms with E-state index in [1.54, 1.807) is 10.5 Å². The number of fused-ring (bicyclic) bond motifs is 2. The molecule has 0 spiro atoms. The quantitative estimate of drug-likeness (QED) is 0.519. The maximum atomic E-state index is 13.1. The van der Waals surface area contributed by atoms with E-state index in [0.717, 1.165) is 54.1 Å². The second kappa shape index (κ2) is 8.26. The van der Waals surface area contributed by atoms with Crippen molar-refractivity contribution in [3.05, 3.63) is 57.9 Å². The van der Waals surface area contributed by atoms with Crippen LogP contribution in [0.4, 0.5) is 5.69 Å². The molecule has 0 aromatic carbocycles. The minimum atomic E-state index is -0.0978. The first-order valence-corrected chi connectivity index (χ1v) is 11.7. The lowest BCUT2D eigenvalue weighted by Gasteiger charge is -2.35. The lowest BCUT2D eigenvalue weighted by atomic mass is 10.0. The zero-order valence-electron chi connectivity index (χ0n) is 20.0. The Morgan fingerprint density at radius 1 is 1.00 bits per heavy atom. The molecule has 172 valence electrons. The van der Waals surface area contributed by atoms with Gasteiger partial charge in [-0.2, -0.15) is 5.10 Å². The Balaban J connectivity index is 1.49. The third-order valence-electron chi connectivity index (χ3n) is 6.38. The number of anilines is 1. The van der Waals surface area contributed by atoms with Crippen molar-refractivity contribution in [2.24, 2.45) is 0 Å². The fourth-order valence-electron chi connectivity index (χ4n) is 4.85. The van der Waals surface area contributed by atoms with Gasteiger partial charge in [0.15, 0.2) is 0 Å². The molecule has 0 aliphatic carbocycles. The third-order valence-corrected chi connectivity index (χ3v) is 6.38. The normalized spacial score (nSPS) is 15.3. The van der Waals surface area contributed by atoms with E-state index >= 15 is 0 Å². The summed E-state index contributed by atoms with van der Waals surface area (Å²) in [4.78, 5) is 24.8. The summed E-state index contributed by atoms with van der Waals surface area (Å²) >= 11 is 0. The number of aryl methyl sites for hydroxylation is 3. The number of hydrogen-bond acceptors (Lipinski definition) is 6. The highest BCUT2D eigenvalue weighted by atomic mass is 16.1. The average Bonchev–Trinajstić information content (AvgIpc) is 3.19. The lowest BCUT2D eigenvalue weighted by Crippen LogP contribution is -2.44. The van der Waals surface area contributed by atoms with Crippen molar-refractivity contribution >= 4 is 16.9 Å². The van der Waals surface area contributed by atoms with Gasteiger partial charge < -0.3 is 10.2 Å². The molecule has 1 N–H and O–H groups in total. The standard InChI is InChI=1S/C25H31N7O/c1-15(2)26-19-6-8-30(9-7-19)20-10-16(3)25-28-21(12-24(33)31(25)14-20)22-11-23-18(5)27-17(4)13-32(23)29-22/h10-15,19,26H,6-9H2,1-5H3. The zero-order valence-corrected chi connectivity index (χ0v) is 20.0. The maximum absolute atomic E-state index is 13.1. The number of nitrogens with one attached hydrogen (secondary N) is 1. The largest absolute Gasteiger partial charge is 0.370 e. The van der Waals surface area contributed by atoms with E-state index in [9.17, 15) is 4.79 Å². The molecule has 0 atom stereocenters. The highest BCUT2D eigenvalue weighted by molar-refractivity contribution is 5.67. The van der Waals surface area contributed by atoms with Crippen LogP contribution >= 0.6 is 0 Å². The fraction of sp³-hybridized carbons (Fsp3) is 0.440. The minimum Gasteiger partial charge on any atom is -0.370 e. The van der Waals surface area contributed by atoms with Crippen LogP contribution in [0.15, 0.2) is 35.4 Å². The van der Waals surface area contributed by atoms with Crippen LogP contribution in [0, 0.1) is 20.8 Å². The molecule has 0 bridgehead atoms. The molecule has 0 unspecified atom stereocenters. The molecule has 4 aromatic rings. The summed E-state index contributed by atoms with van der Waals surface area (Å²) in [6.07, 6.45) is 6.02. The van der Waals surface area contributed by atoms with Crippen molar-refractivity contribution in [2.45, 2.75) is 59.5 Å². The van der Waals surface area contributed by atoms with Crippen molar-refractivity contribution in [3.8, 4) is 11.4 Å². The van der Waals surface area contributed by atoms with Crippen LogP contribution in [0.3, 0.4) is 0 Å². The van der Waals surface area contributed by atoms with Crippen molar-refractivity contribution in [3.63, 3.8) is 0 Å². The van der Waals surface area contributed by atoms with E-state index in [2.05, 4.69) is 40.2 Å². The Hall–Kier alpha value is -3.26. The SMILES string of the molecule is Cc1cn2nc(-c3cc(=O)n4cc(N5CCC(NC(C)C)CC5)cc(C)c4n3)cc2c(C)n1. The Labute approximate surface area is 193 Å². The molecule has 1 saturated heterocycles. The smallest absolute Gasteiger partial charge is 0.258 e. The first kappa shape index (κ1) is 21.6. The van der Waals surface area contributed by atoms with E-state index in [1.165, 1.54) is 0 Å². The van der Waals surface area contributed by atoms with Crippen LogP contribution < -0.4 is 15.8 Å². The van der Waals surface area contributed by atoms with Gasteiger partial charge in [-0.05, 0) is 51.3 Å². The van der Waals surface area contributed by atoms with Gasteiger partial charge >= 0.3 is 0 Å². The molecule has 1 aliphatic rings. The first-order valence-electron chi connectivity index (χ1n) is 11.7. The van der Waals surface area contributed by atoms with Crippen molar-refractivity contribution in [2.75, 3.05) is 18.0 Å². The summed E-state index contributed by atoms with van der Waals surface area (Å²) in [7, 11) is 0. The zero-order chi connectivity index (χ0) is 23.3. The summed E-state index contributed by atoms with van der Waals surface area (Å²) in [5.41, 5.74) is 6.59. The van der Waals surface area contributed by atoms with Crippen LogP contribution in [0.1, 0.15) is 43.6 Å². The second-order valence-electron chi connectivity index (χ2n) is 9.46. The topological polar surface area (TPSA) is 79.8 Å². The molecule has 33 heavy (non-hydrogen) atoms. The van der Waals surface area contributed by atoms with Gasteiger partial charge in [0, 0.05) is 37.4 Å². The molecule has 4 aromatic heterocycles. The van der Waals surface area contributed by atoms with Crippen LogP contribution in [-0.2, 0) is 0 Å². The van der Waals surface area contributed by atoms with E-state index in [4.69, 9.17) is 4.98 Å². The van der Waals surface area contributed by atoms with E-state index < -0.39 is 0 Å². The third kappa shape index (κ3) is 4.11. The summed E-state index contributed by atoms with van der Waals surface area (Å²) in [6, 6.07) is 6.72. The monoisotopic (exact) mass is 445 g/mol. The lowest BCUT2D eigenvalue weighted by molar-refractivity contribution is 0.387. The molecule has 8 heteroatoms. The van der Waals surface area contributed by atoms with Crippen LogP contribution in [0.25, 0.3) is 22.6 Å². The number of nitrogens with zero attached hydrogens (tertiary/aromatic N) is 6. The van der Waals surface area contributed by atoms with Gasteiger partial charge in [0.05, 0.1) is 34.5 Å².